The van der Waals surface area contributed by atoms with Crippen LogP contribution < -0.4 is 10.6 Å². The van der Waals surface area contributed by atoms with Crippen molar-refractivity contribution in [1.82, 2.24) is 10.6 Å². The van der Waals surface area contributed by atoms with Gasteiger partial charge in [-0.15, -0.1) is 0 Å². The van der Waals surface area contributed by atoms with E-state index in [9.17, 15) is 0 Å². The minimum Gasteiger partial charge on any atom is -0.376 e. The Bertz CT molecular complexity index is 752. The van der Waals surface area contributed by atoms with Crippen LogP contribution in [0.15, 0.2) is 65.7 Å². The number of nitrogens with one attached hydrogen (secondary N) is 2. The fraction of sp³-hybridized carbons (Fsp3) is 0.480. The van der Waals surface area contributed by atoms with E-state index in [-0.39, 0.29) is 6.10 Å². The molecule has 1 saturated heterocycles. The smallest absolute Gasteiger partial charge is 0.191 e. The van der Waals surface area contributed by atoms with Gasteiger partial charge < -0.3 is 20.1 Å². The topological polar surface area (TPSA) is 54.9 Å². The van der Waals surface area contributed by atoms with Gasteiger partial charge in [-0.05, 0) is 30.4 Å². The van der Waals surface area contributed by atoms with Crippen molar-refractivity contribution in [2.75, 3.05) is 32.8 Å². The Hall–Kier alpha value is -2.37. The van der Waals surface area contributed by atoms with Crippen LogP contribution in [0.4, 0.5) is 0 Å². The molecule has 1 aliphatic heterocycles. The molecule has 0 aromatic heterocycles. The predicted molar refractivity (Wildman–Crippen MR) is 122 cm³/mol. The van der Waals surface area contributed by atoms with Crippen LogP contribution in [0.2, 0.25) is 0 Å². The van der Waals surface area contributed by atoms with E-state index in [0.717, 1.165) is 38.6 Å². The first kappa shape index (κ1) is 22.3. The van der Waals surface area contributed by atoms with Gasteiger partial charge >= 0.3 is 0 Å². The van der Waals surface area contributed by atoms with Crippen molar-refractivity contribution in [2.24, 2.45) is 16.8 Å². The molecular formula is C25H35N3O2. The number of hydrogen-bond acceptors (Lipinski definition) is 3. The van der Waals surface area contributed by atoms with Crippen molar-refractivity contribution in [3.63, 3.8) is 0 Å². The highest BCUT2D eigenvalue weighted by Crippen LogP contribution is 2.33. The summed E-state index contributed by atoms with van der Waals surface area (Å²) < 4.78 is 11.9. The molecule has 3 atom stereocenters. The number of ether oxygens (including phenoxy) is 2. The number of rotatable bonds is 10. The number of guanidine groups is 1. The van der Waals surface area contributed by atoms with Crippen LogP contribution in [-0.4, -0.2) is 38.8 Å². The molecule has 5 nitrogen and oxygen atoms in total. The van der Waals surface area contributed by atoms with E-state index in [1.165, 1.54) is 11.1 Å². The maximum Gasteiger partial charge on any atom is 0.191 e. The Labute approximate surface area is 180 Å². The van der Waals surface area contributed by atoms with Crippen LogP contribution in [0.3, 0.4) is 0 Å². The van der Waals surface area contributed by atoms with Gasteiger partial charge in [0.05, 0.1) is 19.3 Å². The Morgan fingerprint density at radius 1 is 1.10 bits per heavy atom. The van der Waals surface area contributed by atoms with Gasteiger partial charge in [0, 0.05) is 32.2 Å². The molecule has 0 aliphatic carbocycles. The van der Waals surface area contributed by atoms with Crippen LogP contribution in [0.5, 0.6) is 0 Å². The summed E-state index contributed by atoms with van der Waals surface area (Å²) in [5.74, 6) is 1.67. The average molecular weight is 410 g/mol. The maximum atomic E-state index is 6.01. The zero-order valence-corrected chi connectivity index (χ0v) is 18.2. The van der Waals surface area contributed by atoms with Crippen molar-refractivity contribution in [3.8, 4) is 0 Å². The Morgan fingerprint density at radius 2 is 1.83 bits per heavy atom. The first-order valence-electron chi connectivity index (χ1n) is 11.1. The number of benzene rings is 2. The van der Waals surface area contributed by atoms with Crippen molar-refractivity contribution in [1.29, 1.82) is 0 Å². The molecule has 0 spiro atoms. The number of nitrogens with zero attached hydrogens (tertiary/aromatic N) is 1. The van der Waals surface area contributed by atoms with Crippen molar-refractivity contribution >= 4 is 5.96 Å². The maximum absolute atomic E-state index is 6.01. The Morgan fingerprint density at radius 3 is 2.57 bits per heavy atom. The first-order chi connectivity index (χ1) is 14.8. The lowest BCUT2D eigenvalue weighted by Gasteiger charge is -2.21. The molecule has 0 radical (unpaired) electrons. The largest absolute Gasteiger partial charge is 0.376 e. The molecule has 0 amide bonds. The van der Waals surface area contributed by atoms with Gasteiger partial charge in [0.25, 0.3) is 0 Å². The molecule has 1 heterocycles. The summed E-state index contributed by atoms with van der Waals surface area (Å²) in [7, 11) is 0. The van der Waals surface area contributed by atoms with Gasteiger partial charge in [-0.1, -0.05) is 67.6 Å². The fourth-order valence-corrected chi connectivity index (χ4v) is 3.68. The van der Waals surface area contributed by atoms with Crippen molar-refractivity contribution in [3.05, 3.63) is 71.8 Å². The van der Waals surface area contributed by atoms with E-state index < -0.39 is 0 Å². The zero-order chi connectivity index (χ0) is 21.0. The molecule has 0 bridgehead atoms. The monoisotopic (exact) mass is 409 g/mol. The number of hydrogen-bond donors (Lipinski definition) is 2. The number of aliphatic imine (C=N–C) groups is 1. The summed E-state index contributed by atoms with van der Waals surface area (Å²) in [4.78, 5) is 4.77. The standard InChI is InChI=1S/C25H35N3O2/c1-3-26-25(27-16-20(2)18-29-19-21-10-6-4-7-11-21)28-17-23-14-15-30-24(23)22-12-8-5-9-13-22/h4-13,20,23-24H,3,14-19H2,1-2H3,(H2,26,27,28). The normalized spacial score (nSPS) is 20.1. The molecule has 2 aromatic rings. The third-order valence-electron chi connectivity index (χ3n) is 5.29. The quantitative estimate of drug-likeness (QED) is 0.457. The highest BCUT2D eigenvalue weighted by Gasteiger charge is 2.29. The Balaban J connectivity index is 1.44. The second kappa shape index (κ2) is 12.4. The van der Waals surface area contributed by atoms with Crippen LogP contribution >= 0.6 is 0 Å². The second-order valence-corrected chi connectivity index (χ2v) is 7.96. The van der Waals surface area contributed by atoms with E-state index in [1.807, 2.05) is 24.3 Å². The van der Waals surface area contributed by atoms with Gasteiger partial charge in [0.15, 0.2) is 5.96 Å². The minimum atomic E-state index is 0.159. The van der Waals surface area contributed by atoms with E-state index in [2.05, 4.69) is 60.9 Å². The summed E-state index contributed by atoms with van der Waals surface area (Å²) in [5, 5.41) is 6.87. The molecule has 2 N–H and O–H groups in total. The lowest BCUT2D eigenvalue weighted by atomic mass is 9.95. The van der Waals surface area contributed by atoms with Crippen LogP contribution in [0, 0.1) is 11.8 Å². The van der Waals surface area contributed by atoms with Crippen LogP contribution in [-0.2, 0) is 16.1 Å². The zero-order valence-electron chi connectivity index (χ0n) is 18.2. The van der Waals surface area contributed by atoms with E-state index in [1.54, 1.807) is 0 Å². The molecule has 2 aromatic carbocycles. The molecule has 5 heteroatoms. The summed E-state index contributed by atoms with van der Waals surface area (Å²) in [6.07, 6.45) is 1.22. The predicted octanol–water partition coefficient (Wildman–Crippen LogP) is 4.17. The SMILES string of the molecule is CCNC(=NCC(C)COCc1ccccc1)NCC1CCOC1c1ccccc1. The molecule has 162 valence electrons. The van der Waals surface area contributed by atoms with Crippen LogP contribution in [0.1, 0.15) is 37.5 Å². The van der Waals surface area contributed by atoms with E-state index in [4.69, 9.17) is 14.5 Å². The molecule has 30 heavy (non-hydrogen) atoms. The summed E-state index contributed by atoms with van der Waals surface area (Å²) in [5.41, 5.74) is 2.46. The lowest BCUT2D eigenvalue weighted by Crippen LogP contribution is -2.40. The van der Waals surface area contributed by atoms with Gasteiger partial charge in [0.2, 0.25) is 0 Å². The highest BCUT2D eigenvalue weighted by atomic mass is 16.5. The van der Waals surface area contributed by atoms with Crippen LogP contribution in [0.25, 0.3) is 0 Å². The Kier molecular flexibility index (Phi) is 9.19. The molecule has 3 rings (SSSR count). The summed E-state index contributed by atoms with van der Waals surface area (Å²) >= 11 is 0. The van der Waals surface area contributed by atoms with Crippen molar-refractivity contribution < 1.29 is 9.47 Å². The molecular weight excluding hydrogens is 374 g/mol. The van der Waals surface area contributed by atoms with E-state index >= 15 is 0 Å². The second-order valence-electron chi connectivity index (χ2n) is 7.96. The highest BCUT2D eigenvalue weighted by molar-refractivity contribution is 5.79. The van der Waals surface area contributed by atoms with E-state index in [0.29, 0.717) is 25.0 Å². The third kappa shape index (κ3) is 7.15. The minimum absolute atomic E-state index is 0.159. The fourth-order valence-electron chi connectivity index (χ4n) is 3.68. The van der Waals surface area contributed by atoms with Gasteiger partial charge in [-0.3, -0.25) is 4.99 Å². The third-order valence-corrected chi connectivity index (χ3v) is 5.29. The van der Waals surface area contributed by atoms with Crippen molar-refractivity contribution in [2.45, 2.75) is 33.0 Å². The summed E-state index contributed by atoms with van der Waals surface area (Å²) in [6, 6.07) is 20.8. The molecule has 1 fully saturated rings. The van der Waals surface area contributed by atoms with Gasteiger partial charge in [-0.25, -0.2) is 0 Å². The first-order valence-corrected chi connectivity index (χ1v) is 11.1. The van der Waals surface area contributed by atoms with Gasteiger partial charge in [-0.2, -0.15) is 0 Å². The molecule has 0 saturated carbocycles. The molecule has 1 aliphatic rings. The molecule has 3 unspecified atom stereocenters. The average Bonchev–Trinajstić information content (AvgIpc) is 3.26. The lowest BCUT2D eigenvalue weighted by molar-refractivity contribution is 0.0914. The van der Waals surface area contributed by atoms with Gasteiger partial charge in [0.1, 0.15) is 0 Å². The summed E-state index contributed by atoms with van der Waals surface area (Å²) in [6.45, 7) is 8.85.